The van der Waals surface area contributed by atoms with Crippen LogP contribution in [0.1, 0.15) is 23.1 Å². The first kappa shape index (κ1) is 18.2. The first-order valence-corrected chi connectivity index (χ1v) is 9.15. The predicted molar refractivity (Wildman–Crippen MR) is 108 cm³/mol. The molecule has 28 heavy (non-hydrogen) atoms. The van der Waals surface area contributed by atoms with Crippen LogP contribution < -0.4 is 5.32 Å². The Bertz CT molecular complexity index is 1100. The van der Waals surface area contributed by atoms with E-state index in [1.54, 1.807) is 19.1 Å². The molecule has 4 aromatic rings. The summed E-state index contributed by atoms with van der Waals surface area (Å²) >= 11 is 6.17. The molecule has 6 heteroatoms. The molecule has 0 aliphatic carbocycles. The molecule has 3 aromatic carbocycles. The minimum atomic E-state index is -0.481. The molecule has 1 atom stereocenters. The number of nitrogens with zero attached hydrogens (tertiary/aromatic N) is 2. The number of rotatable bonds is 5. The van der Waals surface area contributed by atoms with E-state index in [1.807, 2.05) is 54.6 Å². The summed E-state index contributed by atoms with van der Waals surface area (Å²) in [5, 5.41) is 12.2. The van der Waals surface area contributed by atoms with Crippen LogP contribution in [-0.2, 0) is 0 Å². The van der Waals surface area contributed by atoms with Gasteiger partial charge in [-0.05, 0) is 54.4 Å². The van der Waals surface area contributed by atoms with Gasteiger partial charge < -0.3 is 9.73 Å². The van der Waals surface area contributed by atoms with Crippen LogP contribution in [-0.4, -0.2) is 10.2 Å². The fourth-order valence-electron chi connectivity index (χ4n) is 2.87. The zero-order valence-electron chi connectivity index (χ0n) is 15.1. The van der Waals surface area contributed by atoms with Gasteiger partial charge >= 0.3 is 0 Å². The molecular formula is C22H17ClFN3O. The molecule has 0 amide bonds. The fourth-order valence-corrected chi connectivity index (χ4v) is 3.07. The molecule has 1 N–H and O–H groups in total. The Morgan fingerprint density at radius 1 is 0.964 bits per heavy atom. The largest absolute Gasteiger partial charge is 0.418 e. The lowest BCUT2D eigenvalue weighted by molar-refractivity contribution is 0.494. The van der Waals surface area contributed by atoms with Crippen LogP contribution in [0.2, 0.25) is 5.02 Å². The van der Waals surface area contributed by atoms with E-state index in [9.17, 15) is 4.39 Å². The topological polar surface area (TPSA) is 51.0 Å². The first-order valence-electron chi connectivity index (χ1n) is 8.77. The average molecular weight is 394 g/mol. The Kier molecular flexibility index (Phi) is 5.08. The van der Waals surface area contributed by atoms with Crippen molar-refractivity contribution in [1.29, 1.82) is 0 Å². The molecule has 0 bridgehead atoms. The molecule has 4 rings (SSSR count). The highest BCUT2D eigenvalue weighted by Crippen LogP contribution is 2.30. The monoisotopic (exact) mass is 393 g/mol. The maximum Gasteiger partial charge on any atom is 0.247 e. The molecule has 140 valence electrons. The molecular weight excluding hydrogens is 377 g/mol. The summed E-state index contributed by atoms with van der Waals surface area (Å²) in [5.74, 6) is 0.493. The average Bonchev–Trinajstić information content (AvgIpc) is 3.19. The molecule has 0 saturated heterocycles. The summed E-state index contributed by atoms with van der Waals surface area (Å²) in [6.07, 6.45) is 0. The molecule has 1 unspecified atom stereocenters. The molecule has 1 heterocycles. The van der Waals surface area contributed by atoms with Crippen molar-refractivity contribution in [2.75, 3.05) is 5.32 Å². The highest BCUT2D eigenvalue weighted by atomic mass is 35.5. The van der Waals surface area contributed by atoms with Crippen molar-refractivity contribution in [2.24, 2.45) is 0 Å². The smallest absolute Gasteiger partial charge is 0.247 e. The van der Waals surface area contributed by atoms with E-state index in [2.05, 4.69) is 15.5 Å². The van der Waals surface area contributed by atoms with Crippen molar-refractivity contribution in [2.45, 2.75) is 13.0 Å². The normalized spacial score (nSPS) is 12.0. The second kappa shape index (κ2) is 7.82. The lowest BCUT2D eigenvalue weighted by Gasteiger charge is -2.17. The number of aromatic nitrogens is 2. The van der Waals surface area contributed by atoms with Gasteiger partial charge in [0.15, 0.2) is 0 Å². The van der Waals surface area contributed by atoms with Crippen LogP contribution in [0.4, 0.5) is 10.1 Å². The van der Waals surface area contributed by atoms with Gasteiger partial charge in [-0.1, -0.05) is 48.0 Å². The Labute approximate surface area is 167 Å². The van der Waals surface area contributed by atoms with E-state index in [1.165, 1.54) is 6.07 Å². The van der Waals surface area contributed by atoms with Crippen molar-refractivity contribution < 1.29 is 8.81 Å². The van der Waals surface area contributed by atoms with E-state index in [-0.39, 0.29) is 5.82 Å². The summed E-state index contributed by atoms with van der Waals surface area (Å²) in [6, 6.07) is 21.4. The van der Waals surface area contributed by atoms with E-state index in [0.717, 1.165) is 11.1 Å². The number of halogens is 2. The summed E-state index contributed by atoms with van der Waals surface area (Å²) < 4.78 is 19.9. The lowest BCUT2D eigenvalue weighted by Crippen LogP contribution is -2.13. The van der Waals surface area contributed by atoms with Crippen LogP contribution in [0.25, 0.3) is 11.5 Å². The van der Waals surface area contributed by atoms with Gasteiger partial charge in [0.25, 0.3) is 0 Å². The molecule has 0 spiro atoms. The molecule has 0 saturated carbocycles. The number of hydrogen-bond donors (Lipinski definition) is 1. The van der Waals surface area contributed by atoms with Crippen LogP contribution in [0.5, 0.6) is 0 Å². The summed E-state index contributed by atoms with van der Waals surface area (Å²) in [4.78, 5) is 0. The third kappa shape index (κ3) is 3.89. The first-order chi connectivity index (χ1) is 13.6. The molecule has 0 aliphatic heterocycles. The Morgan fingerprint density at radius 2 is 1.79 bits per heavy atom. The van der Waals surface area contributed by atoms with Gasteiger partial charge in [-0.3, -0.25) is 0 Å². The molecule has 0 radical (unpaired) electrons. The van der Waals surface area contributed by atoms with E-state index in [4.69, 9.17) is 16.0 Å². The van der Waals surface area contributed by atoms with Gasteiger partial charge in [-0.15, -0.1) is 10.2 Å². The Hall–Kier alpha value is -3.18. The minimum Gasteiger partial charge on any atom is -0.418 e. The van der Waals surface area contributed by atoms with Crippen molar-refractivity contribution >= 4 is 17.3 Å². The molecule has 1 aromatic heterocycles. The van der Waals surface area contributed by atoms with Gasteiger partial charge in [0.05, 0.1) is 0 Å². The van der Waals surface area contributed by atoms with Crippen LogP contribution in [0, 0.1) is 12.7 Å². The standard InChI is InChI=1S/C22H17ClFN3O/c1-14-10-11-18(13-19(14)24)25-20(16-8-5-9-17(23)12-16)22-27-26-21(28-22)15-6-3-2-4-7-15/h2-13,20,25H,1H3. The van der Waals surface area contributed by atoms with E-state index >= 15 is 0 Å². The Balaban J connectivity index is 1.73. The van der Waals surface area contributed by atoms with E-state index < -0.39 is 6.04 Å². The van der Waals surface area contributed by atoms with E-state index in [0.29, 0.717) is 28.1 Å². The number of anilines is 1. The second-order valence-corrected chi connectivity index (χ2v) is 6.84. The number of nitrogens with one attached hydrogen (secondary N) is 1. The minimum absolute atomic E-state index is 0.287. The molecule has 4 nitrogen and oxygen atoms in total. The van der Waals surface area contributed by atoms with Gasteiger partial charge in [0.1, 0.15) is 11.9 Å². The quantitative estimate of drug-likeness (QED) is 0.449. The van der Waals surface area contributed by atoms with Gasteiger partial charge in [0.2, 0.25) is 11.8 Å². The number of benzene rings is 3. The third-order valence-electron chi connectivity index (χ3n) is 4.37. The Morgan fingerprint density at radius 3 is 2.54 bits per heavy atom. The SMILES string of the molecule is Cc1ccc(NC(c2cccc(Cl)c2)c2nnc(-c3ccccc3)o2)cc1F. The number of aryl methyl sites for hydroxylation is 1. The molecule has 0 aliphatic rings. The van der Waals surface area contributed by atoms with Crippen LogP contribution >= 0.6 is 11.6 Å². The molecule has 0 fully saturated rings. The van der Waals surface area contributed by atoms with Gasteiger partial charge in [-0.2, -0.15) is 0 Å². The van der Waals surface area contributed by atoms with Gasteiger partial charge in [0, 0.05) is 16.3 Å². The summed E-state index contributed by atoms with van der Waals surface area (Å²) in [5.41, 5.74) is 2.84. The fraction of sp³-hybridized carbons (Fsp3) is 0.0909. The maximum atomic E-state index is 14.0. The number of hydrogen-bond acceptors (Lipinski definition) is 4. The second-order valence-electron chi connectivity index (χ2n) is 6.41. The van der Waals surface area contributed by atoms with Crippen molar-refractivity contribution in [1.82, 2.24) is 10.2 Å². The highest BCUT2D eigenvalue weighted by Gasteiger charge is 2.22. The summed E-state index contributed by atoms with van der Waals surface area (Å²) in [7, 11) is 0. The zero-order chi connectivity index (χ0) is 19.5. The maximum absolute atomic E-state index is 14.0. The van der Waals surface area contributed by atoms with Gasteiger partial charge in [-0.25, -0.2) is 4.39 Å². The lowest BCUT2D eigenvalue weighted by atomic mass is 10.1. The van der Waals surface area contributed by atoms with Crippen molar-refractivity contribution in [3.05, 3.63) is 101 Å². The third-order valence-corrected chi connectivity index (χ3v) is 4.61. The van der Waals surface area contributed by atoms with Crippen molar-refractivity contribution in [3.8, 4) is 11.5 Å². The zero-order valence-corrected chi connectivity index (χ0v) is 15.8. The van der Waals surface area contributed by atoms with Crippen molar-refractivity contribution in [3.63, 3.8) is 0 Å². The summed E-state index contributed by atoms with van der Waals surface area (Å²) in [6.45, 7) is 1.72. The van der Waals surface area contributed by atoms with Crippen LogP contribution in [0.3, 0.4) is 0 Å². The van der Waals surface area contributed by atoms with Crippen LogP contribution in [0.15, 0.2) is 77.2 Å². The predicted octanol–water partition coefficient (Wildman–Crippen LogP) is 6.04. The highest BCUT2D eigenvalue weighted by molar-refractivity contribution is 6.30.